The number of rotatable bonds is 5. The molecule has 44 heavy (non-hydrogen) atoms. The lowest BCUT2D eigenvalue weighted by molar-refractivity contribution is -0.348. The van der Waals surface area contributed by atoms with Gasteiger partial charge in [0.2, 0.25) is 5.91 Å². The Kier molecular flexibility index (Phi) is 7.86. The fourth-order valence-electron chi connectivity index (χ4n) is 7.24. The second kappa shape index (κ2) is 10.7. The molecule has 0 bridgehead atoms. The Bertz CT molecular complexity index is 1550. The monoisotopic (exact) mass is 649 g/mol. The molecule has 240 valence electrons. The molecule has 1 N–H and O–H groups in total. The lowest BCUT2D eigenvalue weighted by Crippen LogP contribution is -2.53. The fraction of sp³-hybridized carbons (Fsp3) is 0.533. The zero-order valence-corrected chi connectivity index (χ0v) is 24.3. The van der Waals surface area contributed by atoms with Crippen molar-refractivity contribution < 1.29 is 53.8 Å². The standard InChI is InChI=1S/C30H30F7NO5S/c1-17-2-10-22(11-3-17)44(42,43)27-14-15-38(25(39)18-4-6-19(7-5-18)26(40)41)24(27)13-8-20-16-21(9-12-23(20)27)28(31,29(32,33)34)30(35,36)37/h2-3,9-12,16,18-19,24H,4-8,13-15H2,1H3,(H,40,41). The molecule has 1 aliphatic heterocycles. The van der Waals surface area contributed by atoms with Crippen molar-refractivity contribution in [3.05, 3.63) is 64.7 Å². The van der Waals surface area contributed by atoms with E-state index in [0.717, 1.165) is 11.6 Å². The van der Waals surface area contributed by atoms with E-state index < -0.39 is 62.0 Å². The third-order valence-electron chi connectivity index (χ3n) is 9.59. The number of nitrogens with zero attached hydrogens (tertiary/aromatic N) is 1. The first-order valence-electron chi connectivity index (χ1n) is 14.2. The number of hydrogen-bond acceptors (Lipinski definition) is 4. The molecule has 2 aliphatic carbocycles. The average molecular weight is 650 g/mol. The lowest BCUT2D eigenvalue weighted by atomic mass is 9.76. The van der Waals surface area contributed by atoms with Gasteiger partial charge >= 0.3 is 24.0 Å². The molecule has 6 nitrogen and oxygen atoms in total. The smallest absolute Gasteiger partial charge is 0.435 e. The summed E-state index contributed by atoms with van der Waals surface area (Å²) in [4.78, 5) is 26.5. The van der Waals surface area contributed by atoms with Gasteiger partial charge in [0.1, 0.15) is 4.75 Å². The van der Waals surface area contributed by atoms with Crippen molar-refractivity contribution in [3.63, 3.8) is 0 Å². The Labute approximate surface area is 249 Å². The molecule has 1 saturated carbocycles. The molecular formula is C30H30F7NO5S. The van der Waals surface area contributed by atoms with Crippen LogP contribution in [0.15, 0.2) is 47.4 Å². The van der Waals surface area contributed by atoms with Crippen LogP contribution in [0.5, 0.6) is 0 Å². The Morgan fingerprint density at radius 3 is 1.98 bits per heavy atom. The summed E-state index contributed by atoms with van der Waals surface area (Å²) >= 11 is 0. The summed E-state index contributed by atoms with van der Waals surface area (Å²) < 4.78 is 123. The number of aryl methyl sites for hydroxylation is 2. The molecule has 2 aromatic rings. The summed E-state index contributed by atoms with van der Waals surface area (Å²) in [7, 11) is -4.42. The number of benzene rings is 2. The molecule has 0 aromatic heterocycles. The van der Waals surface area contributed by atoms with Gasteiger partial charge in [-0.1, -0.05) is 35.9 Å². The predicted molar refractivity (Wildman–Crippen MR) is 143 cm³/mol. The molecule has 5 rings (SSSR count). The molecular weight excluding hydrogens is 619 g/mol. The highest BCUT2D eigenvalue weighted by Gasteiger charge is 2.74. The van der Waals surface area contributed by atoms with Crippen molar-refractivity contribution in [1.29, 1.82) is 0 Å². The van der Waals surface area contributed by atoms with E-state index in [9.17, 15) is 49.5 Å². The molecule has 0 spiro atoms. The predicted octanol–water partition coefficient (Wildman–Crippen LogP) is 6.39. The zero-order chi connectivity index (χ0) is 32.5. The topological polar surface area (TPSA) is 91.8 Å². The van der Waals surface area contributed by atoms with Gasteiger partial charge < -0.3 is 10.0 Å². The largest absolute Gasteiger partial charge is 0.481 e. The molecule has 0 radical (unpaired) electrons. The van der Waals surface area contributed by atoms with Crippen LogP contribution in [-0.2, 0) is 36.3 Å². The van der Waals surface area contributed by atoms with Crippen LogP contribution in [0.4, 0.5) is 30.7 Å². The SMILES string of the molecule is Cc1ccc(S(=O)(=O)C23CCN(C(=O)C4CCC(C(=O)O)CC4)C2CCc2cc(C(F)(C(F)(F)F)C(F)(F)F)ccc23)cc1. The lowest BCUT2D eigenvalue weighted by Gasteiger charge is -2.44. The number of hydrogen-bond donors (Lipinski definition) is 1. The minimum Gasteiger partial charge on any atom is -0.481 e. The number of amides is 1. The van der Waals surface area contributed by atoms with Gasteiger partial charge in [0.15, 0.2) is 9.84 Å². The van der Waals surface area contributed by atoms with Crippen molar-refractivity contribution in [1.82, 2.24) is 4.90 Å². The summed E-state index contributed by atoms with van der Waals surface area (Å²) in [6.07, 6.45) is -12.0. The first-order valence-corrected chi connectivity index (χ1v) is 15.7. The van der Waals surface area contributed by atoms with Crippen LogP contribution in [-0.4, -0.2) is 55.2 Å². The summed E-state index contributed by atoms with van der Waals surface area (Å²) in [6.45, 7) is 1.68. The van der Waals surface area contributed by atoms with Gasteiger partial charge in [0.05, 0.1) is 16.9 Å². The minimum atomic E-state index is -6.33. The number of carboxylic acid groups (broad SMARTS) is 1. The third kappa shape index (κ3) is 4.78. The van der Waals surface area contributed by atoms with Gasteiger partial charge in [-0.25, -0.2) is 12.8 Å². The molecule has 2 atom stereocenters. The average Bonchev–Trinajstić information content (AvgIpc) is 3.37. The van der Waals surface area contributed by atoms with Crippen LogP contribution in [0.2, 0.25) is 0 Å². The number of carbonyl (C=O) groups excluding carboxylic acids is 1. The maximum Gasteiger partial charge on any atom is 0.435 e. The maximum atomic E-state index is 15.0. The first kappa shape index (κ1) is 32.2. The number of carbonyl (C=O) groups is 2. The number of carboxylic acids is 1. The molecule has 1 heterocycles. The van der Waals surface area contributed by atoms with Gasteiger partial charge in [0, 0.05) is 18.0 Å². The van der Waals surface area contributed by atoms with Crippen molar-refractivity contribution >= 4 is 21.7 Å². The molecule has 14 heteroatoms. The van der Waals surface area contributed by atoms with Crippen molar-refractivity contribution in [2.45, 2.75) is 85.6 Å². The van der Waals surface area contributed by atoms with Gasteiger partial charge in [-0.15, -0.1) is 0 Å². The van der Waals surface area contributed by atoms with E-state index in [1.807, 2.05) is 0 Å². The number of sulfone groups is 1. The quantitative estimate of drug-likeness (QED) is 0.379. The van der Waals surface area contributed by atoms with E-state index in [0.29, 0.717) is 12.1 Å². The molecule has 2 aromatic carbocycles. The van der Waals surface area contributed by atoms with Gasteiger partial charge in [-0.2, -0.15) is 26.3 Å². The number of aliphatic carboxylic acids is 1. The van der Waals surface area contributed by atoms with Crippen LogP contribution >= 0.6 is 0 Å². The van der Waals surface area contributed by atoms with Crippen molar-refractivity contribution in [3.8, 4) is 0 Å². The molecule has 3 aliphatic rings. The van der Waals surface area contributed by atoms with Gasteiger partial charge in [-0.05, 0) is 75.1 Å². The van der Waals surface area contributed by atoms with Crippen molar-refractivity contribution in [2.24, 2.45) is 11.8 Å². The van der Waals surface area contributed by atoms with Crippen LogP contribution in [0, 0.1) is 18.8 Å². The van der Waals surface area contributed by atoms with Crippen LogP contribution < -0.4 is 0 Å². The minimum absolute atomic E-state index is 0.0488. The normalized spacial score (nSPS) is 26.2. The fourth-order valence-corrected chi connectivity index (χ4v) is 9.61. The van der Waals surface area contributed by atoms with E-state index in [-0.39, 0.29) is 73.4 Å². The van der Waals surface area contributed by atoms with Gasteiger partial charge in [-0.3, -0.25) is 9.59 Å². The number of alkyl halides is 7. The van der Waals surface area contributed by atoms with E-state index in [2.05, 4.69) is 0 Å². The summed E-state index contributed by atoms with van der Waals surface area (Å²) in [6, 6.07) is 6.44. The second-order valence-corrected chi connectivity index (χ2v) is 14.2. The number of likely N-dealkylation sites (tertiary alicyclic amines) is 1. The summed E-state index contributed by atoms with van der Waals surface area (Å²) in [5.41, 5.74) is -6.86. The van der Waals surface area contributed by atoms with E-state index in [1.54, 1.807) is 19.1 Å². The Balaban J connectivity index is 1.62. The number of fused-ring (bicyclic) bond motifs is 3. The Hall–Kier alpha value is -3.16. The van der Waals surface area contributed by atoms with Gasteiger partial charge in [0.25, 0.3) is 0 Å². The van der Waals surface area contributed by atoms with Crippen LogP contribution in [0.1, 0.15) is 60.8 Å². The van der Waals surface area contributed by atoms with Crippen LogP contribution in [0.3, 0.4) is 0 Å². The summed E-state index contributed by atoms with van der Waals surface area (Å²) in [5, 5.41) is 9.32. The highest BCUT2D eigenvalue weighted by atomic mass is 32.2. The second-order valence-electron chi connectivity index (χ2n) is 12.0. The molecule has 2 fully saturated rings. The first-order chi connectivity index (χ1) is 20.4. The maximum absolute atomic E-state index is 15.0. The molecule has 1 saturated heterocycles. The van der Waals surface area contributed by atoms with E-state index in [1.165, 1.54) is 17.0 Å². The van der Waals surface area contributed by atoms with Crippen LogP contribution in [0.25, 0.3) is 0 Å². The molecule has 2 unspecified atom stereocenters. The summed E-state index contributed by atoms with van der Waals surface area (Å²) in [5.74, 6) is -2.47. The number of halogens is 7. The third-order valence-corrected chi connectivity index (χ3v) is 12.1. The van der Waals surface area contributed by atoms with E-state index in [4.69, 9.17) is 0 Å². The Morgan fingerprint density at radius 2 is 1.43 bits per heavy atom. The van der Waals surface area contributed by atoms with E-state index >= 15 is 4.39 Å². The highest BCUT2D eigenvalue weighted by molar-refractivity contribution is 7.92. The Morgan fingerprint density at radius 1 is 0.864 bits per heavy atom. The zero-order valence-electron chi connectivity index (χ0n) is 23.5. The highest BCUT2D eigenvalue weighted by Crippen LogP contribution is 2.57. The molecule has 1 amide bonds. The van der Waals surface area contributed by atoms with Crippen molar-refractivity contribution in [2.75, 3.05) is 6.54 Å².